The fourth-order valence-corrected chi connectivity index (χ4v) is 2.46. The summed E-state index contributed by atoms with van der Waals surface area (Å²) in [5, 5.41) is 31.8. The maximum atomic E-state index is 12.4. The van der Waals surface area contributed by atoms with E-state index in [1.807, 2.05) is 27.7 Å². The quantitative estimate of drug-likeness (QED) is 0.325. The Morgan fingerprint density at radius 3 is 2.10 bits per heavy atom. The summed E-state index contributed by atoms with van der Waals surface area (Å²) in [6, 6.07) is 3.22. The van der Waals surface area contributed by atoms with Crippen molar-refractivity contribution in [2.75, 3.05) is 6.54 Å². The number of carboxylic acids is 1. The minimum atomic E-state index is -0.833. The number of rotatable bonds is 9. The summed E-state index contributed by atoms with van der Waals surface area (Å²) < 4.78 is 0. The Morgan fingerprint density at radius 1 is 1.07 bits per heavy atom. The predicted molar refractivity (Wildman–Crippen MR) is 114 cm³/mol. The van der Waals surface area contributed by atoms with Crippen LogP contribution in [0.25, 0.3) is 0 Å². The van der Waals surface area contributed by atoms with E-state index in [4.69, 9.17) is 15.6 Å². The van der Waals surface area contributed by atoms with E-state index in [1.54, 1.807) is 6.07 Å². The summed E-state index contributed by atoms with van der Waals surface area (Å²) in [4.78, 5) is 33.7. The molecule has 1 aromatic carbocycles. The first-order valence-corrected chi connectivity index (χ1v) is 9.94. The zero-order valence-electron chi connectivity index (χ0n) is 18.3. The van der Waals surface area contributed by atoms with Crippen molar-refractivity contribution in [1.82, 2.24) is 10.6 Å². The number of hydrogen-bond donors (Lipinski definition) is 6. The van der Waals surface area contributed by atoms with Crippen molar-refractivity contribution in [1.29, 1.82) is 0 Å². The summed E-state index contributed by atoms with van der Waals surface area (Å²) >= 11 is 0. The number of carbonyl (C=O) groups is 3. The van der Waals surface area contributed by atoms with Gasteiger partial charge in [-0.15, -0.1) is 0 Å². The highest BCUT2D eigenvalue weighted by atomic mass is 16.4. The molecule has 0 saturated heterocycles. The normalized spacial score (nSPS) is 13.4. The number of nitrogens with one attached hydrogen (secondary N) is 2. The number of phenolic OH excluding ortho intramolecular Hbond substituents is 2. The van der Waals surface area contributed by atoms with Gasteiger partial charge in [-0.3, -0.25) is 14.4 Å². The van der Waals surface area contributed by atoms with Gasteiger partial charge in [-0.05, 0) is 36.0 Å². The molecule has 0 fully saturated rings. The first-order chi connectivity index (χ1) is 13.9. The van der Waals surface area contributed by atoms with E-state index in [1.165, 1.54) is 12.1 Å². The lowest BCUT2D eigenvalue weighted by atomic mass is 9.97. The number of hydrogen-bond acceptors (Lipinski definition) is 6. The molecule has 1 rings (SSSR count). The molecule has 0 saturated carbocycles. The molecule has 9 heteroatoms. The molecular formula is C21H35N3O6. The van der Waals surface area contributed by atoms with Crippen LogP contribution >= 0.6 is 0 Å². The van der Waals surface area contributed by atoms with Crippen LogP contribution in [-0.2, 0) is 20.8 Å². The average Bonchev–Trinajstić information content (AvgIpc) is 2.66. The molecule has 30 heavy (non-hydrogen) atoms. The van der Waals surface area contributed by atoms with Crippen molar-refractivity contribution in [3.05, 3.63) is 23.8 Å². The SMILES string of the molecule is CC(=O)O.CC[C@H](C)[C@H](N)C(=O)N[C@H](C(=O)NCCc1ccc(O)c(O)c1)C(C)C. The fourth-order valence-electron chi connectivity index (χ4n) is 2.46. The zero-order chi connectivity index (χ0) is 23.4. The third-order valence-electron chi connectivity index (χ3n) is 4.56. The number of amides is 2. The molecule has 3 atom stereocenters. The van der Waals surface area contributed by atoms with Gasteiger partial charge in [-0.2, -0.15) is 0 Å². The molecule has 0 aliphatic rings. The minimum absolute atomic E-state index is 0.0352. The highest BCUT2D eigenvalue weighted by Crippen LogP contribution is 2.24. The van der Waals surface area contributed by atoms with E-state index in [2.05, 4.69) is 10.6 Å². The Hall–Kier alpha value is -2.81. The largest absolute Gasteiger partial charge is 0.504 e. The molecule has 170 valence electrons. The summed E-state index contributed by atoms with van der Waals surface area (Å²) in [5.74, 6) is -1.85. The first kappa shape index (κ1) is 27.2. The molecular weight excluding hydrogens is 390 g/mol. The second-order valence-corrected chi connectivity index (χ2v) is 7.52. The standard InChI is InChI=1S/C19H31N3O4.C2H4O2/c1-5-12(4)16(20)18(25)22-17(11(2)3)19(26)21-9-8-13-6-7-14(23)15(24)10-13;1-2(3)4/h6-7,10-12,16-17,23-24H,5,8-9,20H2,1-4H3,(H,21,26)(H,22,25);1H3,(H,3,4)/t12-,16-,17-;/m0./s1. The highest BCUT2D eigenvalue weighted by molar-refractivity contribution is 5.90. The Morgan fingerprint density at radius 2 is 1.63 bits per heavy atom. The number of phenols is 2. The van der Waals surface area contributed by atoms with Crippen LogP contribution in [0.1, 0.15) is 46.6 Å². The van der Waals surface area contributed by atoms with Crippen LogP contribution in [0.2, 0.25) is 0 Å². The van der Waals surface area contributed by atoms with Crippen LogP contribution in [0.15, 0.2) is 18.2 Å². The minimum Gasteiger partial charge on any atom is -0.504 e. The monoisotopic (exact) mass is 425 g/mol. The molecule has 0 radical (unpaired) electrons. The van der Waals surface area contributed by atoms with Crippen molar-refractivity contribution < 1.29 is 29.7 Å². The van der Waals surface area contributed by atoms with Gasteiger partial charge in [-0.25, -0.2) is 0 Å². The van der Waals surface area contributed by atoms with Crippen molar-refractivity contribution in [3.8, 4) is 11.5 Å². The van der Waals surface area contributed by atoms with Crippen LogP contribution in [0, 0.1) is 11.8 Å². The summed E-state index contributed by atoms with van der Waals surface area (Å²) in [6.45, 7) is 9.02. The lowest BCUT2D eigenvalue weighted by Crippen LogP contribution is -2.55. The number of carboxylic acid groups (broad SMARTS) is 1. The van der Waals surface area contributed by atoms with Crippen LogP contribution in [0.3, 0.4) is 0 Å². The van der Waals surface area contributed by atoms with E-state index < -0.39 is 18.1 Å². The maximum absolute atomic E-state index is 12.4. The Balaban J connectivity index is 0.00000192. The van der Waals surface area contributed by atoms with Gasteiger partial charge in [0.15, 0.2) is 11.5 Å². The summed E-state index contributed by atoms with van der Waals surface area (Å²) in [6.07, 6.45) is 1.28. The van der Waals surface area contributed by atoms with E-state index in [9.17, 15) is 19.8 Å². The molecule has 0 heterocycles. The van der Waals surface area contributed by atoms with Gasteiger partial charge in [-0.1, -0.05) is 40.2 Å². The Bertz CT molecular complexity index is 704. The average molecular weight is 426 g/mol. The molecule has 0 aliphatic carbocycles. The summed E-state index contributed by atoms with van der Waals surface area (Å²) in [7, 11) is 0. The van der Waals surface area contributed by atoms with Crippen LogP contribution < -0.4 is 16.4 Å². The smallest absolute Gasteiger partial charge is 0.300 e. The second-order valence-electron chi connectivity index (χ2n) is 7.52. The summed E-state index contributed by atoms with van der Waals surface area (Å²) in [5.41, 5.74) is 6.72. The number of nitrogens with two attached hydrogens (primary N) is 1. The van der Waals surface area contributed by atoms with Crippen molar-refractivity contribution in [2.45, 2.75) is 59.5 Å². The molecule has 0 aromatic heterocycles. The van der Waals surface area contributed by atoms with Gasteiger partial charge in [0.1, 0.15) is 6.04 Å². The van der Waals surface area contributed by atoms with E-state index in [0.29, 0.717) is 13.0 Å². The molecule has 1 aromatic rings. The lowest BCUT2D eigenvalue weighted by molar-refractivity contribution is -0.134. The highest BCUT2D eigenvalue weighted by Gasteiger charge is 2.27. The van der Waals surface area contributed by atoms with Gasteiger partial charge in [0.25, 0.3) is 5.97 Å². The Labute approximate surface area is 177 Å². The lowest BCUT2D eigenvalue weighted by Gasteiger charge is -2.25. The molecule has 2 amide bonds. The van der Waals surface area contributed by atoms with Crippen LogP contribution in [-0.4, -0.2) is 51.7 Å². The maximum Gasteiger partial charge on any atom is 0.300 e. The second kappa shape index (κ2) is 13.4. The Kier molecular flexibility index (Phi) is 12.2. The van der Waals surface area contributed by atoms with Gasteiger partial charge < -0.3 is 31.7 Å². The van der Waals surface area contributed by atoms with Crippen molar-refractivity contribution >= 4 is 17.8 Å². The fraction of sp³-hybridized carbons (Fsp3) is 0.571. The van der Waals surface area contributed by atoms with E-state index in [0.717, 1.165) is 18.9 Å². The van der Waals surface area contributed by atoms with Gasteiger partial charge in [0, 0.05) is 13.5 Å². The molecule has 9 nitrogen and oxygen atoms in total. The van der Waals surface area contributed by atoms with Crippen molar-refractivity contribution in [3.63, 3.8) is 0 Å². The van der Waals surface area contributed by atoms with Crippen LogP contribution in [0.5, 0.6) is 11.5 Å². The zero-order valence-corrected chi connectivity index (χ0v) is 18.3. The van der Waals surface area contributed by atoms with E-state index >= 15 is 0 Å². The molecule has 7 N–H and O–H groups in total. The van der Waals surface area contributed by atoms with Crippen LogP contribution in [0.4, 0.5) is 0 Å². The predicted octanol–water partition coefficient (Wildman–Crippen LogP) is 1.36. The molecule has 0 bridgehead atoms. The van der Waals surface area contributed by atoms with Gasteiger partial charge in [0.2, 0.25) is 11.8 Å². The topological polar surface area (TPSA) is 162 Å². The first-order valence-electron chi connectivity index (χ1n) is 9.94. The third kappa shape index (κ3) is 10.1. The molecule has 0 aliphatic heterocycles. The number of carbonyl (C=O) groups excluding carboxylic acids is 2. The van der Waals surface area contributed by atoms with Gasteiger partial charge in [0.05, 0.1) is 6.04 Å². The third-order valence-corrected chi connectivity index (χ3v) is 4.56. The molecule has 0 spiro atoms. The number of benzene rings is 1. The van der Waals surface area contributed by atoms with E-state index in [-0.39, 0.29) is 35.1 Å². The number of aromatic hydroxyl groups is 2. The van der Waals surface area contributed by atoms with Crippen molar-refractivity contribution in [2.24, 2.45) is 17.6 Å². The number of aliphatic carboxylic acids is 1. The van der Waals surface area contributed by atoms with Gasteiger partial charge >= 0.3 is 0 Å². The molecule has 0 unspecified atom stereocenters.